The largest absolute Gasteiger partial charge is 0.472 e. The summed E-state index contributed by atoms with van der Waals surface area (Å²) in [6.07, 6.45) is 5.05. The first-order valence-electron chi connectivity index (χ1n) is 6.57. The minimum atomic E-state index is -0.721. The van der Waals surface area contributed by atoms with Gasteiger partial charge in [0.05, 0.1) is 11.8 Å². The molecule has 1 saturated heterocycles. The van der Waals surface area contributed by atoms with Crippen molar-refractivity contribution in [3.8, 4) is 0 Å². The molecule has 1 aliphatic heterocycles. The molecule has 2 heterocycles. The molecule has 7 heteroatoms. The highest BCUT2D eigenvalue weighted by atomic mass is 16.8. The average Bonchev–Trinajstić information content (AvgIpc) is 3.00. The predicted octanol–water partition coefficient (Wildman–Crippen LogP) is 0.972. The molecule has 1 aromatic heterocycles. The first kappa shape index (κ1) is 14.5. The van der Waals surface area contributed by atoms with E-state index >= 15 is 0 Å². The maximum atomic E-state index is 11.8. The molecular weight excluding hydrogens is 264 g/mol. The van der Waals surface area contributed by atoms with Crippen molar-refractivity contribution in [2.75, 3.05) is 6.61 Å². The molecule has 1 aliphatic rings. The van der Waals surface area contributed by atoms with Gasteiger partial charge in [-0.1, -0.05) is 0 Å². The zero-order valence-electron chi connectivity index (χ0n) is 11.3. The Hall–Kier alpha value is -1.86. The Morgan fingerprint density at radius 1 is 1.45 bits per heavy atom. The zero-order chi connectivity index (χ0) is 14.4. The summed E-state index contributed by atoms with van der Waals surface area (Å²) in [4.78, 5) is 28.6. The van der Waals surface area contributed by atoms with Crippen molar-refractivity contribution in [3.05, 3.63) is 24.2 Å². The lowest BCUT2D eigenvalue weighted by atomic mass is 10.2. The third-order valence-corrected chi connectivity index (χ3v) is 2.95. The summed E-state index contributed by atoms with van der Waals surface area (Å²) < 4.78 is 10.1. The van der Waals surface area contributed by atoms with Crippen LogP contribution in [-0.4, -0.2) is 30.8 Å². The van der Waals surface area contributed by atoms with Crippen molar-refractivity contribution in [1.29, 1.82) is 0 Å². The second-order valence-electron chi connectivity index (χ2n) is 4.59. The van der Waals surface area contributed by atoms with Gasteiger partial charge in [-0.25, -0.2) is 10.3 Å². The van der Waals surface area contributed by atoms with Gasteiger partial charge in [-0.15, -0.1) is 0 Å². The second-order valence-corrected chi connectivity index (χ2v) is 4.59. The second kappa shape index (κ2) is 7.06. The first-order chi connectivity index (χ1) is 9.66. The zero-order valence-corrected chi connectivity index (χ0v) is 11.3. The van der Waals surface area contributed by atoms with E-state index in [2.05, 4.69) is 10.8 Å². The Bertz CT molecular complexity index is 440. The maximum absolute atomic E-state index is 11.8. The Labute approximate surface area is 116 Å². The normalized spacial score (nSPS) is 20.1. The molecule has 7 nitrogen and oxygen atoms in total. The Morgan fingerprint density at radius 3 is 2.95 bits per heavy atom. The summed E-state index contributed by atoms with van der Waals surface area (Å²) in [7, 11) is 0. The fourth-order valence-electron chi connectivity index (χ4n) is 1.76. The van der Waals surface area contributed by atoms with E-state index in [4.69, 9.17) is 14.0 Å². The van der Waals surface area contributed by atoms with Gasteiger partial charge >= 0.3 is 0 Å². The van der Waals surface area contributed by atoms with Crippen LogP contribution in [0.3, 0.4) is 0 Å². The number of hydroxylamine groups is 1. The summed E-state index contributed by atoms with van der Waals surface area (Å²) in [6, 6.07) is 0.799. The van der Waals surface area contributed by atoms with E-state index in [9.17, 15) is 9.59 Å². The predicted molar refractivity (Wildman–Crippen MR) is 68.5 cm³/mol. The van der Waals surface area contributed by atoms with Gasteiger partial charge in [-0.05, 0) is 25.8 Å². The van der Waals surface area contributed by atoms with Crippen LogP contribution in [-0.2, 0) is 14.4 Å². The molecule has 0 aliphatic carbocycles. The molecule has 0 spiro atoms. The van der Waals surface area contributed by atoms with E-state index in [1.807, 2.05) is 0 Å². The minimum absolute atomic E-state index is 0.362. The van der Waals surface area contributed by atoms with Gasteiger partial charge in [-0.2, -0.15) is 0 Å². The highest BCUT2D eigenvalue weighted by molar-refractivity contribution is 5.96. The van der Waals surface area contributed by atoms with Gasteiger partial charge < -0.3 is 14.5 Å². The highest BCUT2D eigenvalue weighted by Crippen LogP contribution is 2.12. The van der Waals surface area contributed by atoms with Crippen LogP contribution in [0.5, 0.6) is 0 Å². The molecule has 110 valence electrons. The van der Waals surface area contributed by atoms with Crippen LogP contribution < -0.4 is 10.8 Å². The molecule has 0 unspecified atom stereocenters. The third-order valence-electron chi connectivity index (χ3n) is 2.95. The number of rotatable bonds is 5. The van der Waals surface area contributed by atoms with Gasteiger partial charge in [0.1, 0.15) is 12.3 Å². The van der Waals surface area contributed by atoms with Crippen LogP contribution >= 0.6 is 0 Å². The molecule has 0 radical (unpaired) electrons. The molecule has 2 rings (SSSR count). The van der Waals surface area contributed by atoms with Gasteiger partial charge in [0, 0.05) is 13.0 Å². The lowest BCUT2D eigenvalue weighted by molar-refractivity contribution is -0.201. The van der Waals surface area contributed by atoms with E-state index in [1.165, 1.54) is 18.6 Å². The summed E-state index contributed by atoms with van der Waals surface area (Å²) >= 11 is 0. The fourth-order valence-corrected chi connectivity index (χ4v) is 1.76. The average molecular weight is 282 g/mol. The number of hydrogen-bond acceptors (Lipinski definition) is 5. The van der Waals surface area contributed by atoms with Crippen LogP contribution in [0.15, 0.2) is 23.0 Å². The number of hydrogen-bond donors (Lipinski definition) is 2. The monoisotopic (exact) mass is 282 g/mol. The molecule has 2 atom stereocenters. The minimum Gasteiger partial charge on any atom is -0.472 e. The Kier molecular flexibility index (Phi) is 5.14. The summed E-state index contributed by atoms with van der Waals surface area (Å²) in [5.74, 6) is -0.814. The van der Waals surface area contributed by atoms with Crippen LogP contribution in [0.1, 0.15) is 36.5 Å². The number of amides is 2. The fraction of sp³-hybridized carbons (Fsp3) is 0.538. The smallest absolute Gasteiger partial charge is 0.265 e. The molecule has 2 N–H and O–H groups in total. The molecule has 20 heavy (non-hydrogen) atoms. The van der Waals surface area contributed by atoms with Gasteiger partial charge in [0.25, 0.3) is 11.8 Å². The van der Waals surface area contributed by atoms with Crippen molar-refractivity contribution in [2.45, 2.75) is 38.5 Å². The van der Waals surface area contributed by atoms with Crippen LogP contribution in [0.4, 0.5) is 0 Å². The topological polar surface area (TPSA) is 89.8 Å². The number of carbonyl (C=O) groups is 2. The van der Waals surface area contributed by atoms with Crippen molar-refractivity contribution >= 4 is 11.8 Å². The van der Waals surface area contributed by atoms with Crippen molar-refractivity contribution in [1.82, 2.24) is 10.8 Å². The van der Waals surface area contributed by atoms with E-state index in [1.54, 1.807) is 6.92 Å². The standard InChI is InChI=1S/C13H18N2O5/c1-9(14-13(17)10-5-7-18-8-10)12(16)15-20-11-4-2-3-6-19-11/h5,7-9,11H,2-4,6H2,1H3,(H,14,17)(H,15,16)/t9-,11+/m0/s1. The molecule has 0 bridgehead atoms. The third kappa shape index (κ3) is 4.07. The Morgan fingerprint density at radius 2 is 2.30 bits per heavy atom. The van der Waals surface area contributed by atoms with E-state index in [0.717, 1.165) is 19.3 Å². The van der Waals surface area contributed by atoms with Crippen LogP contribution in [0, 0.1) is 0 Å². The number of nitrogens with one attached hydrogen (secondary N) is 2. The van der Waals surface area contributed by atoms with Gasteiger partial charge in [0.15, 0.2) is 6.29 Å². The maximum Gasteiger partial charge on any atom is 0.265 e. The summed E-state index contributed by atoms with van der Waals surface area (Å²) in [5.41, 5.74) is 2.66. The lowest BCUT2D eigenvalue weighted by Gasteiger charge is -2.23. The van der Waals surface area contributed by atoms with Crippen LogP contribution in [0.25, 0.3) is 0 Å². The van der Waals surface area contributed by atoms with Crippen molar-refractivity contribution in [3.63, 3.8) is 0 Å². The quantitative estimate of drug-likeness (QED) is 0.785. The number of furan rings is 1. The molecule has 0 saturated carbocycles. The molecule has 1 aromatic rings. The lowest BCUT2D eigenvalue weighted by Crippen LogP contribution is -2.46. The van der Waals surface area contributed by atoms with Gasteiger partial charge in [0.2, 0.25) is 0 Å². The SMILES string of the molecule is C[C@H](NC(=O)c1ccoc1)C(=O)NO[C@@H]1CCCCO1. The molecular formula is C13H18N2O5. The molecule has 0 aromatic carbocycles. The summed E-state index contributed by atoms with van der Waals surface area (Å²) in [6.45, 7) is 2.20. The van der Waals surface area contributed by atoms with Crippen molar-refractivity contribution in [2.24, 2.45) is 0 Å². The number of carbonyl (C=O) groups excluding carboxylic acids is 2. The van der Waals surface area contributed by atoms with Gasteiger partial charge in [-0.3, -0.25) is 9.59 Å². The number of ether oxygens (including phenoxy) is 1. The van der Waals surface area contributed by atoms with E-state index in [-0.39, 0.29) is 5.91 Å². The van der Waals surface area contributed by atoms with Crippen molar-refractivity contribution < 1.29 is 23.6 Å². The van der Waals surface area contributed by atoms with Crippen LogP contribution in [0.2, 0.25) is 0 Å². The molecule has 2 amide bonds. The Balaban J connectivity index is 1.72. The highest BCUT2D eigenvalue weighted by Gasteiger charge is 2.20. The van der Waals surface area contributed by atoms with E-state index < -0.39 is 18.2 Å². The molecule has 1 fully saturated rings. The van der Waals surface area contributed by atoms with E-state index in [0.29, 0.717) is 12.2 Å². The first-order valence-corrected chi connectivity index (χ1v) is 6.57. The summed E-state index contributed by atoms with van der Waals surface area (Å²) in [5, 5.41) is 2.54.